The third-order valence-corrected chi connectivity index (χ3v) is 1.92. The van der Waals surface area contributed by atoms with Gasteiger partial charge in [0.1, 0.15) is 17.3 Å². The first-order chi connectivity index (χ1) is 6.72. The molecule has 0 bridgehead atoms. The number of rotatable bonds is 3. The normalized spacial score (nSPS) is 11.2. The van der Waals surface area contributed by atoms with E-state index in [0.717, 1.165) is 11.3 Å². The molecule has 0 amide bonds. The molecule has 0 unspecified atom stereocenters. The molecule has 0 saturated heterocycles. The van der Waals surface area contributed by atoms with E-state index in [0.29, 0.717) is 11.6 Å². The molecule has 0 spiro atoms. The highest BCUT2D eigenvalue weighted by Gasteiger charge is 2.07. The first-order valence-electron chi connectivity index (χ1n) is 4.17. The van der Waals surface area contributed by atoms with Crippen molar-refractivity contribution in [3.05, 3.63) is 23.8 Å². The predicted octanol–water partition coefficient (Wildman–Crippen LogP) is 1.04. The molecule has 2 N–H and O–H groups in total. The summed E-state index contributed by atoms with van der Waals surface area (Å²) in [5.41, 5.74) is 6.45. The van der Waals surface area contributed by atoms with Crippen LogP contribution in [-0.2, 0) is 0 Å². The molecule has 0 radical (unpaired) electrons. The molecule has 4 nitrogen and oxygen atoms in total. The summed E-state index contributed by atoms with van der Waals surface area (Å²) in [5.74, 6) is 1.85. The lowest BCUT2D eigenvalue weighted by Gasteiger charge is -2.09. The number of nitrogens with zero attached hydrogens (tertiary/aromatic N) is 1. The molecule has 0 atom stereocenters. The summed E-state index contributed by atoms with van der Waals surface area (Å²) >= 11 is 0. The molecule has 76 valence electrons. The Morgan fingerprint density at radius 2 is 2.00 bits per heavy atom. The number of benzene rings is 1. The topological polar surface area (TPSA) is 56.8 Å². The van der Waals surface area contributed by atoms with E-state index in [1.807, 2.05) is 6.07 Å². The van der Waals surface area contributed by atoms with E-state index in [9.17, 15) is 0 Å². The highest BCUT2D eigenvalue weighted by Crippen LogP contribution is 2.23. The zero-order valence-electron chi connectivity index (χ0n) is 8.57. The summed E-state index contributed by atoms with van der Waals surface area (Å²) in [7, 11) is 4.83. The summed E-state index contributed by atoms with van der Waals surface area (Å²) in [4.78, 5) is 3.90. The van der Waals surface area contributed by atoms with E-state index < -0.39 is 0 Å². The van der Waals surface area contributed by atoms with Gasteiger partial charge in [0.05, 0.1) is 19.8 Å². The minimum absolute atomic E-state index is 0.431. The zero-order chi connectivity index (χ0) is 10.6. The molecule has 1 aromatic carbocycles. The van der Waals surface area contributed by atoms with Crippen molar-refractivity contribution in [2.24, 2.45) is 10.7 Å². The van der Waals surface area contributed by atoms with Crippen molar-refractivity contribution in [2.45, 2.75) is 0 Å². The summed E-state index contributed by atoms with van der Waals surface area (Å²) < 4.78 is 10.2. The molecular formula is C10H14N2O2. The second kappa shape index (κ2) is 4.50. The van der Waals surface area contributed by atoms with E-state index in [1.54, 1.807) is 33.4 Å². The van der Waals surface area contributed by atoms with Crippen LogP contribution in [0.25, 0.3) is 0 Å². The molecule has 0 aliphatic carbocycles. The van der Waals surface area contributed by atoms with Crippen molar-refractivity contribution in [1.82, 2.24) is 0 Å². The van der Waals surface area contributed by atoms with Crippen LogP contribution in [0.2, 0.25) is 0 Å². The number of amidine groups is 1. The van der Waals surface area contributed by atoms with Gasteiger partial charge in [0.15, 0.2) is 0 Å². The fourth-order valence-corrected chi connectivity index (χ4v) is 1.13. The number of ether oxygens (including phenoxy) is 2. The van der Waals surface area contributed by atoms with Crippen molar-refractivity contribution >= 4 is 5.84 Å². The molecule has 0 fully saturated rings. The standard InChI is InChI=1S/C10H14N2O2/c1-12-10(11)8-6-7(13-2)4-5-9(8)14-3/h4-6H,1-3H3,(H2,11,12). The van der Waals surface area contributed by atoms with Crippen LogP contribution in [0, 0.1) is 0 Å². The zero-order valence-corrected chi connectivity index (χ0v) is 8.57. The Labute approximate surface area is 83.4 Å². The third kappa shape index (κ3) is 1.96. The Bertz CT molecular complexity index is 348. The molecule has 0 aliphatic rings. The average Bonchev–Trinajstić information content (AvgIpc) is 2.27. The summed E-state index contributed by atoms with van der Waals surface area (Å²) in [6.07, 6.45) is 0. The Morgan fingerprint density at radius 1 is 1.29 bits per heavy atom. The average molecular weight is 194 g/mol. The molecule has 0 saturated carbocycles. The molecule has 4 heteroatoms. The van der Waals surface area contributed by atoms with Gasteiger partial charge in [-0.05, 0) is 18.2 Å². The van der Waals surface area contributed by atoms with E-state index in [2.05, 4.69) is 4.99 Å². The second-order valence-electron chi connectivity index (χ2n) is 2.68. The van der Waals surface area contributed by atoms with Crippen LogP contribution in [0.1, 0.15) is 5.56 Å². The maximum atomic E-state index is 5.71. The predicted molar refractivity (Wildman–Crippen MR) is 56.2 cm³/mol. The van der Waals surface area contributed by atoms with Crippen molar-refractivity contribution in [2.75, 3.05) is 21.3 Å². The minimum atomic E-state index is 0.431. The summed E-state index contributed by atoms with van der Waals surface area (Å²) in [5, 5.41) is 0. The maximum absolute atomic E-state index is 5.71. The van der Waals surface area contributed by atoms with Gasteiger partial charge in [0.2, 0.25) is 0 Å². The number of nitrogens with two attached hydrogens (primary N) is 1. The fourth-order valence-electron chi connectivity index (χ4n) is 1.13. The van der Waals surface area contributed by atoms with Crippen molar-refractivity contribution in [3.63, 3.8) is 0 Å². The molecule has 0 heterocycles. The third-order valence-electron chi connectivity index (χ3n) is 1.92. The van der Waals surface area contributed by atoms with Crippen LogP contribution in [0.5, 0.6) is 11.5 Å². The smallest absolute Gasteiger partial charge is 0.130 e. The van der Waals surface area contributed by atoms with Gasteiger partial charge < -0.3 is 15.2 Å². The van der Waals surface area contributed by atoms with Gasteiger partial charge in [0.25, 0.3) is 0 Å². The lowest BCUT2D eigenvalue weighted by molar-refractivity contribution is 0.402. The number of hydrogen-bond donors (Lipinski definition) is 1. The van der Waals surface area contributed by atoms with Gasteiger partial charge in [-0.25, -0.2) is 0 Å². The van der Waals surface area contributed by atoms with Crippen molar-refractivity contribution in [3.8, 4) is 11.5 Å². The summed E-state index contributed by atoms with van der Waals surface area (Å²) in [6.45, 7) is 0. The van der Waals surface area contributed by atoms with Crippen LogP contribution in [-0.4, -0.2) is 27.1 Å². The van der Waals surface area contributed by atoms with E-state index in [4.69, 9.17) is 15.2 Å². The molecule has 14 heavy (non-hydrogen) atoms. The van der Waals surface area contributed by atoms with Gasteiger partial charge in [-0.3, -0.25) is 4.99 Å². The van der Waals surface area contributed by atoms with Gasteiger partial charge in [-0.1, -0.05) is 0 Å². The first kappa shape index (κ1) is 10.4. The van der Waals surface area contributed by atoms with Gasteiger partial charge >= 0.3 is 0 Å². The van der Waals surface area contributed by atoms with Crippen LogP contribution in [0.3, 0.4) is 0 Å². The second-order valence-corrected chi connectivity index (χ2v) is 2.68. The van der Waals surface area contributed by atoms with Crippen LogP contribution < -0.4 is 15.2 Å². The summed E-state index contributed by atoms with van der Waals surface area (Å²) in [6, 6.07) is 5.40. The molecular weight excluding hydrogens is 180 g/mol. The fraction of sp³-hybridized carbons (Fsp3) is 0.300. The Morgan fingerprint density at radius 3 is 2.50 bits per heavy atom. The van der Waals surface area contributed by atoms with Crippen LogP contribution >= 0.6 is 0 Å². The van der Waals surface area contributed by atoms with Gasteiger partial charge in [-0.15, -0.1) is 0 Å². The molecule has 1 aromatic rings. The highest BCUT2D eigenvalue weighted by atomic mass is 16.5. The van der Waals surface area contributed by atoms with E-state index in [-0.39, 0.29) is 0 Å². The van der Waals surface area contributed by atoms with E-state index >= 15 is 0 Å². The van der Waals surface area contributed by atoms with Crippen molar-refractivity contribution < 1.29 is 9.47 Å². The minimum Gasteiger partial charge on any atom is -0.497 e. The van der Waals surface area contributed by atoms with E-state index in [1.165, 1.54) is 0 Å². The highest BCUT2D eigenvalue weighted by molar-refractivity contribution is 6.00. The lowest BCUT2D eigenvalue weighted by atomic mass is 10.1. The van der Waals surface area contributed by atoms with Gasteiger partial charge in [-0.2, -0.15) is 0 Å². The lowest BCUT2D eigenvalue weighted by Crippen LogP contribution is -2.14. The first-order valence-corrected chi connectivity index (χ1v) is 4.17. The SMILES string of the molecule is CN=C(N)c1cc(OC)ccc1OC. The number of aliphatic imine (C=N–C) groups is 1. The quantitative estimate of drug-likeness (QED) is 0.577. The molecule has 1 rings (SSSR count). The van der Waals surface area contributed by atoms with Crippen LogP contribution in [0.4, 0.5) is 0 Å². The Balaban J connectivity index is 3.21. The largest absolute Gasteiger partial charge is 0.497 e. The number of methoxy groups -OCH3 is 2. The Kier molecular flexibility index (Phi) is 3.34. The number of hydrogen-bond acceptors (Lipinski definition) is 3. The monoisotopic (exact) mass is 194 g/mol. The van der Waals surface area contributed by atoms with Gasteiger partial charge in [0, 0.05) is 7.05 Å². The van der Waals surface area contributed by atoms with Crippen LogP contribution in [0.15, 0.2) is 23.2 Å². The Hall–Kier alpha value is -1.71. The molecule has 0 aliphatic heterocycles. The molecule has 0 aromatic heterocycles. The van der Waals surface area contributed by atoms with Crippen molar-refractivity contribution in [1.29, 1.82) is 0 Å². The maximum Gasteiger partial charge on any atom is 0.130 e.